The molecule has 6 nitrogen and oxygen atoms in total. The van der Waals surface area contributed by atoms with Crippen LogP contribution in [0.3, 0.4) is 0 Å². The second kappa shape index (κ2) is 8.80. The van der Waals surface area contributed by atoms with Gasteiger partial charge in [0.1, 0.15) is 11.5 Å². The van der Waals surface area contributed by atoms with Gasteiger partial charge in [-0.25, -0.2) is 4.79 Å². The number of carbonyl (C=O) groups is 1. The van der Waals surface area contributed by atoms with Crippen LogP contribution in [-0.4, -0.2) is 61.3 Å². The first-order valence-corrected chi connectivity index (χ1v) is 10.2. The zero-order chi connectivity index (χ0) is 19.3. The van der Waals surface area contributed by atoms with E-state index in [4.69, 9.17) is 9.15 Å². The fourth-order valence-corrected chi connectivity index (χ4v) is 4.02. The predicted molar refractivity (Wildman–Crippen MR) is 110 cm³/mol. The number of aryl methyl sites for hydroxylation is 1. The molecule has 1 N–H and O–H groups in total. The zero-order valence-corrected chi connectivity index (χ0v) is 16.5. The zero-order valence-electron chi connectivity index (χ0n) is 16.5. The third-order valence-electron chi connectivity index (χ3n) is 5.47. The number of likely N-dealkylation sites (tertiary alicyclic amines) is 1. The fourth-order valence-electron chi connectivity index (χ4n) is 4.02. The van der Waals surface area contributed by atoms with Gasteiger partial charge in [-0.3, -0.25) is 0 Å². The number of ether oxygens (including phenoxy) is 1. The number of anilines is 1. The Morgan fingerprint density at radius 1 is 1.11 bits per heavy atom. The summed E-state index contributed by atoms with van der Waals surface area (Å²) in [5.74, 6) is 1.62. The molecule has 2 aromatic rings. The van der Waals surface area contributed by atoms with Crippen LogP contribution in [0.4, 0.5) is 10.5 Å². The van der Waals surface area contributed by atoms with E-state index in [-0.39, 0.29) is 12.1 Å². The number of urea groups is 1. The summed E-state index contributed by atoms with van der Waals surface area (Å²) in [5, 5.41) is 3.09. The molecule has 1 aromatic carbocycles. The van der Waals surface area contributed by atoms with Crippen molar-refractivity contribution in [3.05, 3.63) is 42.2 Å². The largest absolute Gasteiger partial charge is 0.461 e. The lowest BCUT2D eigenvalue weighted by atomic mass is 10.1. The van der Waals surface area contributed by atoms with Gasteiger partial charge in [-0.05, 0) is 63.5 Å². The molecule has 6 heteroatoms. The lowest BCUT2D eigenvalue weighted by molar-refractivity contribution is 0.0355. The standard InChI is InChI=1S/C22H29N3O3/c1-17-9-10-21(28-17)19-7-2-3-8-20(19)23-22(26)25-13-6-14-27-18(16-25)15-24-11-4-5-12-24/h2-3,7-10,18H,4-6,11-16H2,1H3,(H,23,26)/t18-/m0/s1. The van der Waals surface area contributed by atoms with Crippen LogP contribution in [0.2, 0.25) is 0 Å². The van der Waals surface area contributed by atoms with Gasteiger partial charge in [0.2, 0.25) is 0 Å². The maximum atomic E-state index is 13.0. The van der Waals surface area contributed by atoms with Gasteiger partial charge in [-0.1, -0.05) is 12.1 Å². The van der Waals surface area contributed by atoms with Gasteiger partial charge < -0.3 is 24.3 Å². The molecule has 0 unspecified atom stereocenters. The summed E-state index contributed by atoms with van der Waals surface area (Å²) < 4.78 is 11.8. The Labute approximate surface area is 166 Å². The number of furan rings is 1. The molecule has 0 saturated carbocycles. The Morgan fingerprint density at radius 2 is 1.93 bits per heavy atom. The smallest absolute Gasteiger partial charge is 0.321 e. The lowest BCUT2D eigenvalue weighted by Crippen LogP contribution is -2.43. The first kappa shape index (κ1) is 19.0. The van der Waals surface area contributed by atoms with Gasteiger partial charge >= 0.3 is 6.03 Å². The number of nitrogens with one attached hydrogen (secondary N) is 1. The molecule has 1 aromatic heterocycles. The summed E-state index contributed by atoms with van der Waals surface area (Å²) in [6, 6.07) is 11.6. The van der Waals surface area contributed by atoms with Crippen LogP contribution in [0.25, 0.3) is 11.3 Å². The van der Waals surface area contributed by atoms with E-state index >= 15 is 0 Å². The number of hydrogen-bond acceptors (Lipinski definition) is 4. The Kier molecular flexibility index (Phi) is 5.98. The molecule has 0 radical (unpaired) electrons. The number of para-hydroxylation sites is 1. The quantitative estimate of drug-likeness (QED) is 0.868. The minimum absolute atomic E-state index is 0.0762. The maximum absolute atomic E-state index is 13.0. The summed E-state index contributed by atoms with van der Waals surface area (Å²) in [6.45, 7) is 7.16. The van der Waals surface area contributed by atoms with Gasteiger partial charge in [0.15, 0.2) is 0 Å². The maximum Gasteiger partial charge on any atom is 0.321 e. The molecule has 0 bridgehead atoms. The second-order valence-electron chi connectivity index (χ2n) is 7.69. The average Bonchev–Trinajstić information content (AvgIpc) is 3.30. The average molecular weight is 383 g/mol. The molecular formula is C22H29N3O3. The first-order valence-electron chi connectivity index (χ1n) is 10.2. The van der Waals surface area contributed by atoms with E-state index in [1.54, 1.807) is 0 Å². The molecule has 28 heavy (non-hydrogen) atoms. The van der Waals surface area contributed by atoms with E-state index in [1.807, 2.05) is 48.2 Å². The molecule has 2 amide bonds. The van der Waals surface area contributed by atoms with Crippen molar-refractivity contribution in [2.24, 2.45) is 0 Å². The predicted octanol–water partition coefficient (Wildman–Crippen LogP) is 3.97. The lowest BCUT2D eigenvalue weighted by Gasteiger charge is -2.27. The summed E-state index contributed by atoms with van der Waals surface area (Å²) in [5.41, 5.74) is 1.66. The van der Waals surface area contributed by atoms with Crippen LogP contribution in [0.1, 0.15) is 25.0 Å². The van der Waals surface area contributed by atoms with E-state index in [0.717, 1.165) is 48.8 Å². The van der Waals surface area contributed by atoms with Crippen molar-refractivity contribution in [2.45, 2.75) is 32.3 Å². The van der Waals surface area contributed by atoms with Crippen LogP contribution in [-0.2, 0) is 4.74 Å². The van der Waals surface area contributed by atoms with Crippen LogP contribution >= 0.6 is 0 Å². The van der Waals surface area contributed by atoms with Gasteiger partial charge in [-0.2, -0.15) is 0 Å². The van der Waals surface area contributed by atoms with E-state index < -0.39 is 0 Å². The minimum Gasteiger partial charge on any atom is -0.461 e. The highest BCUT2D eigenvalue weighted by Gasteiger charge is 2.26. The Morgan fingerprint density at radius 3 is 2.71 bits per heavy atom. The van der Waals surface area contributed by atoms with Crippen LogP contribution in [0, 0.1) is 6.92 Å². The molecule has 1 atom stereocenters. The molecule has 4 rings (SSSR count). The van der Waals surface area contributed by atoms with E-state index in [9.17, 15) is 4.79 Å². The number of benzene rings is 1. The van der Waals surface area contributed by atoms with E-state index in [0.29, 0.717) is 19.7 Å². The number of rotatable bonds is 4. The van der Waals surface area contributed by atoms with Gasteiger partial charge in [-0.15, -0.1) is 0 Å². The summed E-state index contributed by atoms with van der Waals surface area (Å²) in [6.07, 6.45) is 3.47. The third-order valence-corrected chi connectivity index (χ3v) is 5.47. The topological polar surface area (TPSA) is 58.0 Å². The van der Waals surface area contributed by atoms with Gasteiger partial charge in [0.05, 0.1) is 11.8 Å². The normalized spacial score (nSPS) is 20.9. The molecular weight excluding hydrogens is 354 g/mol. The Balaban J connectivity index is 1.44. The van der Waals surface area contributed by atoms with Crippen molar-refractivity contribution >= 4 is 11.7 Å². The van der Waals surface area contributed by atoms with E-state index in [2.05, 4.69) is 10.2 Å². The van der Waals surface area contributed by atoms with E-state index in [1.165, 1.54) is 12.8 Å². The second-order valence-corrected chi connectivity index (χ2v) is 7.69. The molecule has 0 spiro atoms. The first-order chi connectivity index (χ1) is 13.7. The van der Waals surface area contributed by atoms with Crippen molar-refractivity contribution in [2.75, 3.05) is 44.6 Å². The van der Waals surface area contributed by atoms with Gasteiger partial charge in [0, 0.05) is 31.8 Å². The van der Waals surface area contributed by atoms with Crippen molar-refractivity contribution in [1.82, 2.24) is 9.80 Å². The van der Waals surface area contributed by atoms with Crippen LogP contribution in [0.5, 0.6) is 0 Å². The fraction of sp³-hybridized carbons (Fsp3) is 0.500. The van der Waals surface area contributed by atoms with Crippen molar-refractivity contribution < 1.29 is 13.9 Å². The summed E-state index contributed by atoms with van der Waals surface area (Å²) in [7, 11) is 0. The Bertz CT molecular complexity index is 798. The number of nitrogens with zero attached hydrogens (tertiary/aromatic N) is 2. The Hall–Kier alpha value is -2.31. The van der Waals surface area contributed by atoms with Crippen molar-refractivity contribution in [3.63, 3.8) is 0 Å². The molecule has 2 saturated heterocycles. The van der Waals surface area contributed by atoms with Crippen molar-refractivity contribution in [1.29, 1.82) is 0 Å². The van der Waals surface area contributed by atoms with Gasteiger partial charge in [0.25, 0.3) is 0 Å². The van der Waals surface area contributed by atoms with Crippen LogP contribution < -0.4 is 5.32 Å². The molecule has 0 aliphatic carbocycles. The monoisotopic (exact) mass is 383 g/mol. The highest BCUT2D eigenvalue weighted by molar-refractivity contribution is 5.93. The SMILES string of the molecule is Cc1ccc(-c2ccccc2NC(=O)N2CCCO[C@@H](CN3CCCC3)C2)o1. The van der Waals surface area contributed by atoms with Crippen LogP contribution in [0.15, 0.2) is 40.8 Å². The molecule has 2 aliphatic rings. The number of carbonyl (C=O) groups excluding carboxylic acids is 1. The molecule has 2 aliphatic heterocycles. The summed E-state index contributed by atoms with van der Waals surface area (Å²) >= 11 is 0. The number of amides is 2. The third kappa shape index (κ3) is 4.56. The molecule has 150 valence electrons. The number of hydrogen-bond donors (Lipinski definition) is 1. The molecule has 2 fully saturated rings. The van der Waals surface area contributed by atoms with Crippen molar-refractivity contribution in [3.8, 4) is 11.3 Å². The molecule has 3 heterocycles. The minimum atomic E-state index is -0.0762. The highest BCUT2D eigenvalue weighted by Crippen LogP contribution is 2.29. The summed E-state index contributed by atoms with van der Waals surface area (Å²) in [4.78, 5) is 17.3. The highest BCUT2D eigenvalue weighted by atomic mass is 16.5.